The van der Waals surface area contributed by atoms with Crippen LogP contribution in [0.25, 0.3) is 11.1 Å². The van der Waals surface area contributed by atoms with Gasteiger partial charge in [-0.15, -0.1) is 0 Å². The van der Waals surface area contributed by atoms with Crippen molar-refractivity contribution in [2.45, 2.75) is 33.0 Å². The third kappa shape index (κ3) is 6.07. The summed E-state index contributed by atoms with van der Waals surface area (Å²) in [6.07, 6.45) is 0. The molecule has 0 atom stereocenters. The van der Waals surface area contributed by atoms with E-state index >= 15 is 0 Å². The molecule has 4 aromatic carbocycles. The van der Waals surface area contributed by atoms with Gasteiger partial charge in [0.1, 0.15) is 18.2 Å². The average Bonchev–Trinajstić information content (AvgIpc) is 2.87. The van der Waals surface area contributed by atoms with Crippen molar-refractivity contribution < 1.29 is 19.0 Å². The molecule has 0 aromatic heterocycles. The molecular formula is C30H28FNO3. The van der Waals surface area contributed by atoms with Gasteiger partial charge in [-0.1, -0.05) is 54.6 Å². The Bertz CT molecular complexity index is 1290. The van der Waals surface area contributed by atoms with E-state index in [2.05, 4.69) is 67.3 Å². The van der Waals surface area contributed by atoms with E-state index in [0.717, 1.165) is 23.7 Å². The van der Waals surface area contributed by atoms with Crippen LogP contribution in [0.4, 0.5) is 10.1 Å². The van der Waals surface area contributed by atoms with Crippen LogP contribution in [0.15, 0.2) is 97.1 Å². The monoisotopic (exact) mass is 469 g/mol. The number of ether oxygens (including phenoxy) is 1. The highest BCUT2D eigenvalue weighted by Gasteiger charge is 2.13. The Balaban J connectivity index is 1.46. The number of halogens is 1. The van der Waals surface area contributed by atoms with E-state index in [1.807, 2.05) is 30.3 Å². The molecule has 4 nitrogen and oxygen atoms in total. The van der Waals surface area contributed by atoms with Crippen LogP contribution in [-0.4, -0.2) is 17.1 Å². The van der Waals surface area contributed by atoms with Gasteiger partial charge in [-0.25, -0.2) is 9.18 Å². The zero-order valence-corrected chi connectivity index (χ0v) is 19.8. The summed E-state index contributed by atoms with van der Waals surface area (Å²) < 4.78 is 19.2. The molecule has 0 radical (unpaired) electrons. The number of carboxylic acids is 1. The van der Waals surface area contributed by atoms with Crippen LogP contribution >= 0.6 is 0 Å². The predicted molar refractivity (Wildman–Crippen MR) is 137 cm³/mol. The van der Waals surface area contributed by atoms with Gasteiger partial charge in [-0.2, -0.15) is 0 Å². The maximum Gasteiger partial charge on any atom is 0.336 e. The quantitative estimate of drug-likeness (QED) is 0.282. The molecule has 0 fully saturated rings. The Hall–Kier alpha value is -4.12. The first kappa shape index (κ1) is 24.0. The second-order valence-corrected chi connectivity index (χ2v) is 8.68. The van der Waals surface area contributed by atoms with Gasteiger partial charge < -0.3 is 14.7 Å². The SMILES string of the molecule is CC(C)N(Cc1cccc(-c2ccc(OCc3ccc(F)cc3C(=O)O)cc2)c1)c1ccccc1. The normalized spacial score (nSPS) is 10.9. The standard InChI is InChI=1S/C30H28FNO3/c1-21(2)32(27-9-4-3-5-10-27)19-22-7-6-8-24(17-22)23-12-15-28(16-13-23)35-20-25-11-14-26(31)18-29(25)30(33)34/h3-18,21H,19-20H2,1-2H3,(H,33,34). The molecule has 0 heterocycles. The molecule has 0 unspecified atom stereocenters. The topological polar surface area (TPSA) is 49.8 Å². The molecule has 4 rings (SSSR count). The van der Waals surface area contributed by atoms with Crippen LogP contribution < -0.4 is 9.64 Å². The first-order valence-electron chi connectivity index (χ1n) is 11.6. The number of carbonyl (C=O) groups is 1. The predicted octanol–water partition coefficient (Wildman–Crippen LogP) is 7.18. The average molecular weight is 470 g/mol. The number of aromatic carboxylic acids is 1. The second kappa shape index (κ2) is 10.9. The Labute approximate surface area is 205 Å². The Morgan fingerprint density at radius 1 is 0.886 bits per heavy atom. The van der Waals surface area contributed by atoms with Gasteiger partial charge in [0.25, 0.3) is 0 Å². The number of benzene rings is 4. The van der Waals surface area contributed by atoms with Crippen LogP contribution in [-0.2, 0) is 13.2 Å². The lowest BCUT2D eigenvalue weighted by atomic mass is 10.0. The molecule has 0 saturated carbocycles. The van der Waals surface area contributed by atoms with Crippen molar-refractivity contribution in [3.63, 3.8) is 0 Å². The van der Waals surface area contributed by atoms with E-state index in [1.54, 1.807) is 0 Å². The lowest BCUT2D eigenvalue weighted by molar-refractivity contribution is 0.0693. The zero-order chi connectivity index (χ0) is 24.8. The highest BCUT2D eigenvalue weighted by molar-refractivity contribution is 5.89. The summed E-state index contributed by atoms with van der Waals surface area (Å²) in [5, 5.41) is 9.30. The summed E-state index contributed by atoms with van der Waals surface area (Å²) in [5.41, 5.74) is 4.91. The van der Waals surface area contributed by atoms with Crippen LogP contribution in [0.5, 0.6) is 5.75 Å². The number of hydrogen-bond acceptors (Lipinski definition) is 3. The van der Waals surface area contributed by atoms with Gasteiger partial charge in [0.15, 0.2) is 0 Å². The molecule has 0 spiro atoms. The van der Waals surface area contributed by atoms with Crippen molar-refractivity contribution in [1.29, 1.82) is 0 Å². The molecule has 0 aliphatic carbocycles. The van der Waals surface area contributed by atoms with Crippen LogP contribution in [0.1, 0.15) is 35.3 Å². The van der Waals surface area contributed by atoms with Crippen molar-refractivity contribution in [1.82, 2.24) is 0 Å². The minimum atomic E-state index is -1.18. The van der Waals surface area contributed by atoms with Crippen molar-refractivity contribution in [2.75, 3.05) is 4.90 Å². The Morgan fingerprint density at radius 3 is 2.31 bits per heavy atom. The highest BCUT2D eigenvalue weighted by atomic mass is 19.1. The second-order valence-electron chi connectivity index (χ2n) is 8.68. The van der Waals surface area contributed by atoms with E-state index in [1.165, 1.54) is 23.4 Å². The minimum absolute atomic E-state index is 0.0429. The van der Waals surface area contributed by atoms with Crippen LogP contribution in [0.2, 0.25) is 0 Å². The Kier molecular flexibility index (Phi) is 7.46. The van der Waals surface area contributed by atoms with Gasteiger partial charge in [-0.05, 0) is 73.0 Å². The smallest absolute Gasteiger partial charge is 0.336 e. The van der Waals surface area contributed by atoms with E-state index < -0.39 is 11.8 Å². The molecule has 0 amide bonds. The van der Waals surface area contributed by atoms with Crippen molar-refractivity contribution in [3.05, 3.63) is 120 Å². The fraction of sp³-hybridized carbons (Fsp3) is 0.167. The molecule has 178 valence electrons. The highest BCUT2D eigenvalue weighted by Crippen LogP contribution is 2.26. The lowest BCUT2D eigenvalue weighted by Crippen LogP contribution is -2.30. The summed E-state index contributed by atoms with van der Waals surface area (Å²) >= 11 is 0. The first-order valence-corrected chi connectivity index (χ1v) is 11.6. The molecule has 0 aliphatic heterocycles. The number of hydrogen-bond donors (Lipinski definition) is 1. The molecule has 0 aliphatic rings. The largest absolute Gasteiger partial charge is 0.489 e. The molecule has 5 heteroatoms. The van der Waals surface area contributed by atoms with E-state index in [0.29, 0.717) is 17.4 Å². The summed E-state index contributed by atoms with van der Waals surface area (Å²) in [4.78, 5) is 13.7. The van der Waals surface area contributed by atoms with E-state index in [-0.39, 0.29) is 12.2 Å². The summed E-state index contributed by atoms with van der Waals surface area (Å²) in [5.74, 6) is -1.15. The molecular weight excluding hydrogens is 441 g/mol. The van der Waals surface area contributed by atoms with Crippen molar-refractivity contribution in [2.24, 2.45) is 0 Å². The molecule has 0 saturated heterocycles. The number of carboxylic acid groups (broad SMARTS) is 1. The first-order chi connectivity index (χ1) is 16.9. The summed E-state index contributed by atoms with van der Waals surface area (Å²) in [7, 11) is 0. The third-order valence-electron chi connectivity index (χ3n) is 5.88. The molecule has 35 heavy (non-hydrogen) atoms. The summed E-state index contributed by atoms with van der Waals surface area (Å²) in [6, 6.07) is 30.6. The van der Waals surface area contributed by atoms with Gasteiger partial charge in [0.05, 0.1) is 5.56 Å². The van der Waals surface area contributed by atoms with Crippen LogP contribution in [0, 0.1) is 5.82 Å². The number of nitrogens with zero attached hydrogens (tertiary/aromatic N) is 1. The maximum absolute atomic E-state index is 13.4. The lowest BCUT2D eigenvalue weighted by Gasteiger charge is -2.29. The van der Waals surface area contributed by atoms with Gasteiger partial charge in [0.2, 0.25) is 0 Å². The maximum atomic E-state index is 13.4. The molecule has 0 bridgehead atoms. The summed E-state index contributed by atoms with van der Waals surface area (Å²) in [6.45, 7) is 5.24. The van der Waals surface area contributed by atoms with Crippen molar-refractivity contribution in [3.8, 4) is 16.9 Å². The number of anilines is 1. The van der Waals surface area contributed by atoms with Crippen LogP contribution in [0.3, 0.4) is 0 Å². The Morgan fingerprint density at radius 2 is 1.63 bits per heavy atom. The fourth-order valence-electron chi connectivity index (χ4n) is 4.02. The van der Waals surface area contributed by atoms with Crippen molar-refractivity contribution >= 4 is 11.7 Å². The number of para-hydroxylation sites is 1. The molecule has 1 N–H and O–H groups in total. The third-order valence-corrected chi connectivity index (χ3v) is 5.88. The van der Waals surface area contributed by atoms with Gasteiger partial charge in [-0.3, -0.25) is 0 Å². The number of rotatable bonds is 9. The van der Waals surface area contributed by atoms with Gasteiger partial charge >= 0.3 is 5.97 Å². The zero-order valence-electron chi connectivity index (χ0n) is 19.8. The minimum Gasteiger partial charge on any atom is -0.489 e. The van der Waals surface area contributed by atoms with Gasteiger partial charge in [0, 0.05) is 23.8 Å². The van der Waals surface area contributed by atoms with E-state index in [4.69, 9.17) is 4.74 Å². The fourth-order valence-corrected chi connectivity index (χ4v) is 4.02. The van der Waals surface area contributed by atoms with E-state index in [9.17, 15) is 14.3 Å². The molecule has 4 aromatic rings.